The Hall–Kier alpha value is -0.810. The van der Waals surface area contributed by atoms with Crippen LogP contribution in [0, 0.1) is 0 Å². The summed E-state index contributed by atoms with van der Waals surface area (Å²) in [4.78, 5) is 0. The van der Waals surface area contributed by atoms with Gasteiger partial charge in [0, 0.05) is 18.1 Å². The van der Waals surface area contributed by atoms with Crippen molar-refractivity contribution in [2.75, 3.05) is 31.7 Å². The minimum atomic E-state index is 0.0353. The fraction of sp³-hybridized carbons (Fsp3) is 0.400. The molecule has 0 fully saturated rings. The van der Waals surface area contributed by atoms with Crippen LogP contribution in [-0.2, 0) is 0 Å². The Balaban J connectivity index is 2.56. The van der Waals surface area contributed by atoms with E-state index < -0.39 is 0 Å². The highest BCUT2D eigenvalue weighted by atomic mass is 35.5. The summed E-state index contributed by atoms with van der Waals surface area (Å²) in [5, 5.41) is 20.0. The van der Waals surface area contributed by atoms with Crippen LogP contribution in [0.3, 0.4) is 0 Å². The SMILES string of the molecule is OCCN(CCO)Nc1cccc(Cl)c1. The summed E-state index contributed by atoms with van der Waals surface area (Å²) in [7, 11) is 0. The van der Waals surface area contributed by atoms with Gasteiger partial charge in [0.2, 0.25) is 0 Å². The smallest absolute Gasteiger partial charge is 0.0576 e. The van der Waals surface area contributed by atoms with E-state index in [1.807, 2.05) is 12.1 Å². The standard InChI is InChI=1S/C10H15ClN2O2/c11-9-2-1-3-10(8-9)12-13(4-6-14)5-7-15/h1-3,8,12,14-15H,4-7H2. The number of halogens is 1. The zero-order valence-corrected chi connectivity index (χ0v) is 9.11. The van der Waals surface area contributed by atoms with E-state index in [4.69, 9.17) is 21.8 Å². The number of aliphatic hydroxyl groups excluding tert-OH is 2. The molecule has 0 atom stereocenters. The lowest BCUT2D eigenvalue weighted by Gasteiger charge is -2.22. The first kappa shape index (κ1) is 12.3. The van der Waals surface area contributed by atoms with Gasteiger partial charge in [0.1, 0.15) is 0 Å². The number of hydrogen-bond donors (Lipinski definition) is 3. The Labute approximate surface area is 94.1 Å². The molecule has 0 aliphatic carbocycles. The van der Waals surface area contributed by atoms with Crippen LogP contribution in [0.15, 0.2) is 24.3 Å². The van der Waals surface area contributed by atoms with Gasteiger partial charge in [0.15, 0.2) is 0 Å². The third-order valence-electron chi connectivity index (χ3n) is 1.85. The molecule has 1 rings (SSSR count). The molecule has 5 heteroatoms. The molecule has 0 aromatic heterocycles. The number of rotatable bonds is 6. The van der Waals surface area contributed by atoms with E-state index in [2.05, 4.69) is 5.43 Å². The fourth-order valence-electron chi connectivity index (χ4n) is 1.21. The van der Waals surface area contributed by atoms with Crippen molar-refractivity contribution in [3.63, 3.8) is 0 Å². The Kier molecular flexibility index (Phi) is 5.42. The van der Waals surface area contributed by atoms with Crippen molar-refractivity contribution in [1.82, 2.24) is 5.01 Å². The number of anilines is 1. The van der Waals surface area contributed by atoms with Crippen LogP contribution in [0.4, 0.5) is 5.69 Å². The van der Waals surface area contributed by atoms with Crippen LogP contribution in [0.2, 0.25) is 5.02 Å². The average Bonchev–Trinajstić information content (AvgIpc) is 2.18. The van der Waals surface area contributed by atoms with Crippen LogP contribution in [-0.4, -0.2) is 41.5 Å². The third-order valence-corrected chi connectivity index (χ3v) is 2.09. The van der Waals surface area contributed by atoms with E-state index in [0.717, 1.165) is 5.69 Å². The lowest BCUT2D eigenvalue weighted by Crippen LogP contribution is -2.35. The van der Waals surface area contributed by atoms with E-state index >= 15 is 0 Å². The molecule has 0 spiro atoms. The number of hydrogen-bond acceptors (Lipinski definition) is 4. The van der Waals surface area contributed by atoms with Crippen LogP contribution < -0.4 is 5.43 Å². The molecule has 15 heavy (non-hydrogen) atoms. The molecular weight excluding hydrogens is 216 g/mol. The number of nitrogens with one attached hydrogen (secondary N) is 1. The van der Waals surface area contributed by atoms with Crippen LogP contribution in [0.5, 0.6) is 0 Å². The normalized spacial score (nSPS) is 10.7. The molecule has 0 amide bonds. The highest BCUT2D eigenvalue weighted by Gasteiger charge is 2.03. The van der Waals surface area contributed by atoms with E-state index in [9.17, 15) is 0 Å². The lowest BCUT2D eigenvalue weighted by atomic mass is 10.3. The summed E-state index contributed by atoms with van der Waals surface area (Å²) < 4.78 is 0. The van der Waals surface area contributed by atoms with Crippen molar-refractivity contribution in [3.05, 3.63) is 29.3 Å². The molecule has 1 aromatic carbocycles. The maximum atomic E-state index is 8.81. The molecule has 0 aliphatic rings. The lowest BCUT2D eigenvalue weighted by molar-refractivity contribution is 0.183. The van der Waals surface area contributed by atoms with Gasteiger partial charge in [-0.15, -0.1) is 0 Å². The Bertz CT molecular complexity index is 291. The minimum absolute atomic E-state index is 0.0353. The van der Waals surface area contributed by atoms with Crippen molar-refractivity contribution in [1.29, 1.82) is 0 Å². The zero-order chi connectivity index (χ0) is 11.1. The second-order valence-electron chi connectivity index (χ2n) is 3.06. The van der Waals surface area contributed by atoms with Gasteiger partial charge >= 0.3 is 0 Å². The van der Waals surface area contributed by atoms with Crippen molar-refractivity contribution in [2.45, 2.75) is 0 Å². The van der Waals surface area contributed by atoms with Crippen LogP contribution in [0.1, 0.15) is 0 Å². The Morgan fingerprint density at radius 3 is 2.40 bits per heavy atom. The molecule has 84 valence electrons. The monoisotopic (exact) mass is 230 g/mol. The van der Waals surface area contributed by atoms with E-state index in [0.29, 0.717) is 18.1 Å². The zero-order valence-electron chi connectivity index (χ0n) is 8.36. The number of nitrogens with zero attached hydrogens (tertiary/aromatic N) is 1. The predicted octanol–water partition coefficient (Wildman–Crippen LogP) is 0.953. The predicted molar refractivity (Wildman–Crippen MR) is 60.8 cm³/mol. The van der Waals surface area contributed by atoms with Gasteiger partial charge < -0.3 is 15.6 Å². The maximum Gasteiger partial charge on any atom is 0.0576 e. The van der Waals surface area contributed by atoms with E-state index in [1.54, 1.807) is 17.1 Å². The summed E-state index contributed by atoms with van der Waals surface area (Å²) in [5.41, 5.74) is 3.89. The fourth-order valence-corrected chi connectivity index (χ4v) is 1.40. The van der Waals surface area contributed by atoms with Gasteiger partial charge in [-0.25, -0.2) is 5.01 Å². The molecule has 0 aliphatic heterocycles. The summed E-state index contributed by atoms with van der Waals surface area (Å²) in [5.74, 6) is 0. The molecule has 0 saturated heterocycles. The Morgan fingerprint density at radius 1 is 1.20 bits per heavy atom. The molecule has 4 nitrogen and oxygen atoms in total. The number of aliphatic hydroxyl groups is 2. The number of benzene rings is 1. The molecule has 0 saturated carbocycles. The molecule has 1 aromatic rings. The minimum Gasteiger partial charge on any atom is -0.395 e. The molecule has 0 radical (unpaired) electrons. The Morgan fingerprint density at radius 2 is 1.87 bits per heavy atom. The van der Waals surface area contributed by atoms with Crippen molar-refractivity contribution < 1.29 is 10.2 Å². The third kappa shape index (κ3) is 4.48. The highest BCUT2D eigenvalue weighted by Crippen LogP contribution is 2.15. The maximum absolute atomic E-state index is 8.81. The molecular formula is C10H15ClN2O2. The van der Waals surface area contributed by atoms with Gasteiger partial charge in [0.05, 0.1) is 18.9 Å². The first-order valence-corrected chi connectivity index (χ1v) is 5.13. The second-order valence-corrected chi connectivity index (χ2v) is 3.49. The summed E-state index contributed by atoms with van der Waals surface area (Å²) in [6.07, 6.45) is 0. The van der Waals surface area contributed by atoms with Gasteiger partial charge in [-0.3, -0.25) is 0 Å². The van der Waals surface area contributed by atoms with Crippen molar-refractivity contribution >= 4 is 17.3 Å². The molecule has 3 N–H and O–H groups in total. The molecule has 0 heterocycles. The van der Waals surface area contributed by atoms with E-state index in [-0.39, 0.29) is 13.2 Å². The van der Waals surface area contributed by atoms with Crippen LogP contribution in [0.25, 0.3) is 0 Å². The molecule has 0 bridgehead atoms. The quantitative estimate of drug-likeness (QED) is 0.637. The van der Waals surface area contributed by atoms with Gasteiger partial charge in [0.25, 0.3) is 0 Å². The first-order valence-electron chi connectivity index (χ1n) is 4.75. The van der Waals surface area contributed by atoms with Crippen molar-refractivity contribution in [3.8, 4) is 0 Å². The molecule has 0 unspecified atom stereocenters. The van der Waals surface area contributed by atoms with Crippen LogP contribution >= 0.6 is 11.6 Å². The highest BCUT2D eigenvalue weighted by molar-refractivity contribution is 6.30. The largest absolute Gasteiger partial charge is 0.395 e. The topological polar surface area (TPSA) is 55.7 Å². The van der Waals surface area contributed by atoms with Gasteiger partial charge in [-0.2, -0.15) is 0 Å². The summed E-state index contributed by atoms with van der Waals surface area (Å²) in [6.45, 7) is 0.973. The van der Waals surface area contributed by atoms with Crippen molar-refractivity contribution in [2.24, 2.45) is 0 Å². The first-order chi connectivity index (χ1) is 7.26. The average molecular weight is 231 g/mol. The number of hydrazine groups is 1. The summed E-state index contributed by atoms with van der Waals surface area (Å²) in [6, 6.07) is 7.27. The van der Waals surface area contributed by atoms with Gasteiger partial charge in [-0.1, -0.05) is 17.7 Å². The van der Waals surface area contributed by atoms with E-state index in [1.165, 1.54) is 0 Å². The van der Waals surface area contributed by atoms with Gasteiger partial charge in [-0.05, 0) is 18.2 Å². The second kappa shape index (κ2) is 6.63. The summed E-state index contributed by atoms with van der Waals surface area (Å²) >= 11 is 5.83.